The number of hydrogen-bond donors (Lipinski definition) is 0. The number of rotatable bonds is 4. The first-order valence-electron chi connectivity index (χ1n) is 11.4. The molecule has 170 valence electrons. The minimum atomic E-state index is -0.579. The third-order valence-corrected chi connectivity index (χ3v) is 6.98. The Morgan fingerprint density at radius 1 is 1.09 bits per heavy atom. The van der Waals surface area contributed by atoms with Gasteiger partial charge in [0.2, 0.25) is 11.8 Å². The minimum absolute atomic E-state index is 0.0453. The molecule has 3 heterocycles. The van der Waals surface area contributed by atoms with Crippen LogP contribution in [-0.4, -0.2) is 57.8 Å². The monoisotopic (exact) mass is 438 g/mol. The van der Waals surface area contributed by atoms with Crippen molar-refractivity contribution in [3.05, 3.63) is 59.4 Å². The number of carbonyl (C=O) groups excluding carboxylic acids is 2. The van der Waals surface area contributed by atoms with Crippen LogP contribution in [0.5, 0.6) is 0 Å². The summed E-state index contributed by atoms with van der Waals surface area (Å²) in [5.74, 6) is 0.0955. The molecular weight excluding hydrogens is 407 g/mol. The highest BCUT2D eigenvalue weighted by atomic mass is 19.1. The van der Waals surface area contributed by atoms with E-state index in [2.05, 4.69) is 9.97 Å². The molecule has 2 fully saturated rings. The molecule has 2 saturated heterocycles. The minimum Gasteiger partial charge on any atom is -0.343 e. The fraction of sp³-hybridized carbons (Fsp3) is 0.520. The largest absolute Gasteiger partial charge is 0.343 e. The van der Waals surface area contributed by atoms with E-state index in [1.165, 1.54) is 12.1 Å². The molecule has 1 aromatic heterocycles. The maximum absolute atomic E-state index is 14.0. The van der Waals surface area contributed by atoms with Gasteiger partial charge in [-0.2, -0.15) is 0 Å². The molecule has 4 rings (SSSR count). The maximum Gasteiger partial charge on any atom is 0.229 e. The SMILES string of the molecule is CC(=O)N1CCC(Cc2ccc(F)cc2)(C(=O)N2CCCC(c3cncc(C)n3)C2)CC1. The molecule has 6 nitrogen and oxygen atoms in total. The molecule has 0 aliphatic carbocycles. The molecule has 0 N–H and O–H groups in total. The highest BCUT2D eigenvalue weighted by Crippen LogP contribution is 2.39. The molecule has 2 aliphatic heterocycles. The second kappa shape index (κ2) is 9.35. The predicted molar refractivity (Wildman–Crippen MR) is 119 cm³/mol. The lowest BCUT2D eigenvalue weighted by Gasteiger charge is -2.45. The van der Waals surface area contributed by atoms with Crippen molar-refractivity contribution in [1.82, 2.24) is 19.8 Å². The number of hydrogen-bond acceptors (Lipinski definition) is 4. The van der Waals surface area contributed by atoms with Crippen LogP contribution in [0, 0.1) is 18.2 Å². The van der Waals surface area contributed by atoms with Gasteiger partial charge in [-0.3, -0.25) is 19.6 Å². The zero-order chi connectivity index (χ0) is 22.7. The maximum atomic E-state index is 14.0. The van der Waals surface area contributed by atoms with E-state index in [4.69, 9.17) is 0 Å². The fourth-order valence-electron chi connectivity index (χ4n) is 5.13. The van der Waals surface area contributed by atoms with Crippen LogP contribution in [0.3, 0.4) is 0 Å². The van der Waals surface area contributed by atoms with Crippen molar-refractivity contribution in [2.75, 3.05) is 26.2 Å². The summed E-state index contributed by atoms with van der Waals surface area (Å²) in [6.45, 7) is 6.02. The van der Waals surface area contributed by atoms with E-state index in [1.807, 2.05) is 22.9 Å². The number of nitrogens with zero attached hydrogens (tertiary/aromatic N) is 4. The standard InChI is InChI=1S/C25H31FN4O2/c1-18-15-27-16-23(28-18)21-4-3-11-30(17-21)24(32)25(9-12-29(13-10-25)19(2)31)14-20-5-7-22(26)8-6-20/h5-8,15-16,21H,3-4,9-14,17H2,1-2H3. The van der Waals surface area contributed by atoms with Gasteiger partial charge in [0, 0.05) is 51.4 Å². The van der Waals surface area contributed by atoms with Gasteiger partial charge in [0.05, 0.1) is 16.8 Å². The second-order valence-electron chi connectivity index (χ2n) is 9.27. The van der Waals surface area contributed by atoms with Gasteiger partial charge in [0.1, 0.15) is 5.82 Å². The second-order valence-corrected chi connectivity index (χ2v) is 9.27. The molecule has 0 spiro atoms. The zero-order valence-corrected chi connectivity index (χ0v) is 18.9. The lowest BCUT2D eigenvalue weighted by Crippen LogP contribution is -2.53. The van der Waals surface area contributed by atoms with Crippen LogP contribution in [0.25, 0.3) is 0 Å². The van der Waals surface area contributed by atoms with Crippen LogP contribution in [0.2, 0.25) is 0 Å². The Kier molecular flexibility index (Phi) is 6.53. The first kappa shape index (κ1) is 22.4. The normalized spacial score (nSPS) is 20.8. The van der Waals surface area contributed by atoms with E-state index in [1.54, 1.807) is 25.3 Å². The first-order chi connectivity index (χ1) is 15.4. The fourth-order valence-corrected chi connectivity index (χ4v) is 5.13. The van der Waals surface area contributed by atoms with Crippen LogP contribution in [0.4, 0.5) is 4.39 Å². The summed E-state index contributed by atoms with van der Waals surface area (Å²) in [4.78, 5) is 38.6. The van der Waals surface area contributed by atoms with Gasteiger partial charge >= 0.3 is 0 Å². The van der Waals surface area contributed by atoms with Crippen molar-refractivity contribution in [2.24, 2.45) is 5.41 Å². The average Bonchev–Trinajstić information content (AvgIpc) is 2.80. The molecule has 2 amide bonds. The van der Waals surface area contributed by atoms with Gasteiger partial charge in [-0.25, -0.2) is 4.39 Å². The Morgan fingerprint density at radius 3 is 2.47 bits per heavy atom. The molecule has 1 aromatic carbocycles. The van der Waals surface area contributed by atoms with Crippen molar-refractivity contribution >= 4 is 11.8 Å². The smallest absolute Gasteiger partial charge is 0.229 e. The van der Waals surface area contributed by atoms with Crippen molar-refractivity contribution in [3.8, 4) is 0 Å². The van der Waals surface area contributed by atoms with Crippen LogP contribution >= 0.6 is 0 Å². The van der Waals surface area contributed by atoms with Crippen molar-refractivity contribution in [1.29, 1.82) is 0 Å². The van der Waals surface area contributed by atoms with Gasteiger partial charge in [0.15, 0.2) is 0 Å². The number of halogens is 1. The van der Waals surface area contributed by atoms with Crippen molar-refractivity contribution < 1.29 is 14.0 Å². The lowest BCUT2D eigenvalue weighted by molar-refractivity contribution is -0.149. The lowest BCUT2D eigenvalue weighted by atomic mass is 9.72. The van der Waals surface area contributed by atoms with Crippen LogP contribution in [-0.2, 0) is 16.0 Å². The molecule has 32 heavy (non-hydrogen) atoms. The summed E-state index contributed by atoms with van der Waals surface area (Å²) in [5.41, 5.74) is 2.20. The zero-order valence-electron chi connectivity index (χ0n) is 18.9. The summed E-state index contributed by atoms with van der Waals surface area (Å²) in [5, 5.41) is 0. The average molecular weight is 439 g/mol. The molecule has 1 unspecified atom stereocenters. The first-order valence-corrected chi connectivity index (χ1v) is 11.4. The van der Waals surface area contributed by atoms with Gasteiger partial charge < -0.3 is 9.80 Å². The van der Waals surface area contributed by atoms with Crippen LogP contribution in [0.1, 0.15) is 55.5 Å². The van der Waals surface area contributed by atoms with E-state index in [-0.39, 0.29) is 23.5 Å². The van der Waals surface area contributed by atoms with E-state index in [0.29, 0.717) is 38.9 Å². The highest BCUT2D eigenvalue weighted by Gasteiger charge is 2.45. The number of amides is 2. The van der Waals surface area contributed by atoms with Crippen LogP contribution in [0.15, 0.2) is 36.7 Å². The summed E-state index contributed by atoms with van der Waals surface area (Å²) in [6.07, 6.45) is 7.27. The van der Waals surface area contributed by atoms with E-state index >= 15 is 0 Å². The third kappa shape index (κ3) is 4.81. The summed E-state index contributed by atoms with van der Waals surface area (Å²) in [7, 11) is 0. The topological polar surface area (TPSA) is 66.4 Å². The molecule has 0 radical (unpaired) electrons. The summed E-state index contributed by atoms with van der Waals surface area (Å²) < 4.78 is 13.5. The number of piperidine rings is 2. The number of aromatic nitrogens is 2. The molecule has 0 saturated carbocycles. The van der Waals surface area contributed by atoms with Crippen molar-refractivity contribution in [3.63, 3.8) is 0 Å². The molecule has 0 bridgehead atoms. The van der Waals surface area contributed by atoms with Gasteiger partial charge in [0.25, 0.3) is 0 Å². The van der Waals surface area contributed by atoms with E-state index < -0.39 is 5.41 Å². The Hall–Kier alpha value is -2.83. The van der Waals surface area contributed by atoms with Crippen molar-refractivity contribution in [2.45, 2.75) is 51.9 Å². The number of carbonyl (C=O) groups is 2. The molecule has 1 atom stereocenters. The molecule has 2 aromatic rings. The quantitative estimate of drug-likeness (QED) is 0.733. The Morgan fingerprint density at radius 2 is 1.81 bits per heavy atom. The van der Waals surface area contributed by atoms with E-state index in [9.17, 15) is 14.0 Å². The third-order valence-electron chi connectivity index (χ3n) is 6.98. The van der Waals surface area contributed by atoms with Gasteiger partial charge in [-0.1, -0.05) is 12.1 Å². The Balaban J connectivity index is 1.56. The van der Waals surface area contributed by atoms with Gasteiger partial charge in [-0.05, 0) is 56.7 Å². The number of benzene rings is 1. The Bertz CT molecular complexity index is 970. The van der Waals surface area contributed by atoms with E-state index in [0.717, 1.165) is 36.3 Å². The predicted octanol–water partition coefficient (Wildman–Crippen LogP) is 3.50. The molecular formula is C25H31FN4O2. The highest BCUT2D eigenvalue weighted by molar-refractivity contribution is 5.84. The number of aryl methyl sites for hydroxylation is 1. The molecule has 2 aliphatic rings. The van der Waals surface area contributed by atoms with Gasteiger partial charge in [-0.15, -0.1) is 0 Å². The summed E-state index contributed by atoms with van der Waals surface area (Å²) >= 11 is 0. The Labute approximate surface area is 188 Å². The van der Waals surface area contributed by atoms with Crippen LogP contribution < -0.4 is 0 Å². The molecule has 7 heteroatoms. The number of likely N-dealkylation sites (tertiary alicyclic amines) is 2. The summed E-state index contributed by atoms with van der Waals surface area (Å²) in [6, 6.07) is 6.43.